The molecule has 0 fully saturated rings. The molecule has 0 radical (unpaired) electrons. The first kappa shape index (κ1) is 15.7. The number of halogens is 1. The van der Waals surface area contributed by atoms with Gasteiger partial charge in [0.1, 0.15) is 0 Å². The molecule has 0 aliphatic carbocycles. The van der Waals surface area contributed by atoms with E-state index in [1.54, 1.807) is 0 Å². The second-order valence-electron chi connectivity index (χ2n) is 5.85. The lowest BCUT2D eigenvalue weighted by Crippen LogP contribution is -2.38. The predicted molar refractivity (Wildman–Crippen MR) is 104 cm³/mol. The number of rotatable bonds is 3. The number of hydrogen-bond donors (Lipinski definition) is 3. The zero-order valence-corrected chi connectivity index (χ0v) is 14.3. The zero-order valence-electron chi connectivity index (χ0n) is 13.6. The van der Waals surface area contributed by atoms with Crippen molar-refractivity contribution >= 4 is 34.7 Å². The maximum Gasteiger partial charge on any atom is 0.212 e. The van der Waals surface area contributed by atoms with Crippen molar-refractivity contribution in [2.75, 3.05) is 13.1 Å². The maximum absolute atomic E-state index is 6.02. The van der Waals surface area contributed by atoms with Crippen LogP contribution in [0.15, 0.2) is 58.6 Å². The summed E-state index contributed by atoms with van der Waals surface area (Å²) < 4.78 is 0. The van der Waals surface area contributed by atoms with Gasteiger partial charge < -0.3 is 10.3 Å². The number of fused-ring (bicyclic) bond motifs is 1. The normalized spacial score (nSPS) is 14.5. The number of H-pyrrole nitrogens is 1. The summed E-state index contributed by atoms with van der Waals surface area (Å²) in [5.74, 6) is 0.718. The number of nitrogens with one attached hydrogen (secondary N) is 3. The minimum absolute atomic E-state index is 0.718. The van der Waals surface area contributed by atoms with Gasteiger partial charge in [0.2, 0.25) is 5.96 Å². The monoisotopic (exact) mass is 351 g/mol. The number of para-hydroxylation sites is 1. The number of benzene rings is 2. The number of aliphatic imine (C=N–C) groups is 1. The summed E-state index contributed by atoms with van der Waals surface area (Å²) in [6, 6.07) is 16.0. The molecule has 2 aromatic carbocycles. The van der Waals surface area contributed by atoms with Crippen molar-refractivity contribution in [2.45, 2.75) is 6.42 Å². The summed E-state index contributed by atoms with van der Waals surface area (Å²) in [6.07, 6.45) is 2.89. The highest BCUT2D eigenvalue weighted by molar-refractivity contribution is 6.30. The molecule has 1 aliphatic heterocycles. The van der Waals surface area contributed by atoms with E-state index in [2.05, 4.69) is 38.0 Å². The third-order valence-corrected chi connectivity index (χ3v) is 4.39. The molecule has 2 heterocycles. The molecule has 3 N–H and O–H groups in total. The molecule has 4 rings (SSSR count). The van der Waals surface area contributed by atoms with Crippen LogP contribution in [0, 0.1) is 0 Å². The summed E-state index contributed by atoms with van der Waals surface area (Å²) in [6.45, 7) is 1.75. The van der Waals surface area contributed by atoms with E-state index in [4.69, 9.17) is 11.6 Å². The summed E-state index contributed by atoms with van der Waals surface area (Å²) in [4.78, 5) is 7.84. The Morgan fingerprint density at radius 2 is 1.96 bits per heavy atom. The van der Waals surface area contributed by atoms with Crippen molar-refractivity contribution in [2.24, 2.45) is 10.1 Å². The van der Waals surface area contributed by atoms with E-state index in [-0.39, 0.29) is 0 Å². The van der Waals surface area contributed by atoms with Crippen LogP contribution in [0.25, 0.3) is 22.2 Å². The molecule has 5 nitrogen and oxygen atoms in total. The molecular formula is C19H18ClN5. The van der Waals surface area contributed by atoms with E-state index in [9.17, 15) is 0 Å². The lowest BCUT2D eigenvalue weighted by atomic mass is 10.1. The van der Waals surface area contributed by atoms with Gasteiger partial charge in [0.05, 0.1) is 11.9 Å². The molecule has 1 aliphatic rings. The highest BCUT2D eigenvalue weighted by atomic mass is 35.5. The van der Waals surface area contributed by atoms with Crippen molar-refractivity contribution in [3.05, 3.63) is 59.1 Å². The molecule has 0 unspecified atom stereocenters. The van der Waals surface area contributed by atoms with Gasteiger partial charge in [0.15, 0.2) is 0 Å². The fourth-order valence-corrected chi connectivity index (χ4v) is 3.03. The number of aromatic nitrogens is 1. The van der Waals surface area contributed by atoms with Gasteiger partial charge in [-0.1, -0.05) is 41.9 Å². The van der Waals surface area contributed by atoms with E-state index in [0.29, 0.717) is 0 Å². The second-order valence-corrected chi connectivity index (χ2v) is 6.28. The van der Waals surface area contributed by atoms with Crippen molar-refractivity contribution in [1.29, 1.82) is 0 Å². The third-order valence-electron chi connectivity index (χ3n) is 4.14. The zero-order chi connectivity index (χ0) is 17.1. The van der Waals surface area contributed by atoms with Crippen molar-refractivity contribution in [3.8, 4) is 11.3 Å². The molecule has 3 aromatic rings. The van der Waals surface area contributed by atoms with Crippen molar-refractivity contribution in [3.63, 3.8) is 0 Å². The topological polar surface area (TPSA) is 64.6 Å². The lowest BCUT2D eigenvalue weighted by molar-refractivity contribution is 0.712. The predicted octanol–water partition coefficient (Wildman–Crippen LogP) is 3.76. The van der Waals surface area contributed by atoms with Gasteiger partial charge in [-0.3, -0.25) is 4.99 Å². The standard InChI is InChI=1S/C19H18ClN5/c20-14-8-6-13(7-9-14)18-16(15-4-1-2-5-17(15)24-18)12-23-25-19-21-10-3-11-22-19/h1-2,4-9,12,24H,3,10-11H2,(H2,21,22,25). The minimum Gasteiger partial charge on any atom is -0.355 e. The smallest absolute Gasteiger partial charge is 0.212 e. The Balaban J connectivity index is 1.71. The molecular weight excluding hydrogens is 334 g/mol. The molecule has 25 heavy (non-hydrogen) atoms. The Morgan fingerprint density at radius 3 is 2.76 bits per heavy atom. The van der Waals surface area contributed by atoms with Crippen LogP contribution in [0.4, 0.5) is 0 Å². The molecule has 6 heteroatoms. The maximum atomic E-state index is 6.02. The number of aromatic amines is 1. The number of hydrogen-bond acceptors (Lipinski definition) is 4. The van der Waals surface area contributed by atoms with Crippen LogP contribution in [0.1, 0.15) is 12.0 Å². The molecule has 0 saturated carbocycles. The molecule has 126 valence electrons. The molecule has 0 amide bonds. The SMILES string of the molecule is Clc1ccc(-c2[nH]c3ccccc3c2C=NNC2=NCCCN2)cc1. The Labute approximate surface area is 150 Å². The Hall–Kier alpha value is -2.79. The fourth-order valence-electron chi connectivity index (χ4n) is 2.91. The highest BCUT2D eigenvalue weighted by Gasteiger charge is 2.11. The van der Waals surface area contributed by atoms with Crippen LogP contribution in [0.3, 0.4) is 0 Å². The highest BCUT2D eigenvalue weighted by Crippen LogP contribution is 2.29. The van der Waals surface area contributed by atoms with E-state index < -0.39 is 0 Å². The minimum atomic E-state index is 0.718. The van der Waals surface area contributed by atoms with Crippen LogP contribution >= 0.6 is 11.6 Å². The summed E-state index contributed by atoms with van der Waals surface area (Å²) >= 11 is 6.02. The van der Waals surface area contributed by atoms with Gasteiger partial charge in [0, 0.05) is 34.6 Å². The van der Waals surface area contributed by atoms with Crippen LogP contribution in [-0.2, 0) is 0 Å². The van der Waals surface area contributed by atoms with E-state index in [1.165, 1.54) is 0 Å². The van der Waals surface area contributed by atoms with Gasteiger partial charge in [-0.15, -0.1) is 0 Å². The third kappa shape index (κ3) is 3.37. The lowest BCUT2D eigenvalue weighted by Gasteiger charge is -2.12. The van der Waals surface area contributed by atoms with Gasteiger partial charge in [-0.25, -0.2) is 5.43 Å². The summed E-state index contributed by atoms with van der Waals surface area (Å²) in [5, 5.41) is 9.41. The number of nitrogens with zero attached hydrogens (tertiary/aromatic N) is 2. The average Bonchev–Trinajstić information content (AvgIpc) is 3.02. The quantitative estimate of drug-likeness (QED) is 0.497. The number of guanidine groups is 1. The largest absolute Gasteiger partial charge is 0.355 e. The molecule has 0 atom stereocenters. The first-order valence-corrected chi connectivity index (χ1v) is 8.63. The second kappa shape index (κ2) is 6.99. The van der Waals surface area contributed by atoms with E-state index in [1.807, 2.05) is 42.6 Å². The van der Waals surface area contributed by atoms with Crippen molar-refractivity contribution in [1.82, 2.24) is 15.7 Å². The summed E-state index contributed by atoms with van der Waals surface area (Å²) in [5.41, 5.74) is 7.17. The fraction of sp³-hybridized carbons (Fsp3) is 0.158. The van der Waals surface area contributed by atoms with Crippen LogP contribution in [0.2, 0.25) is 5.02 Å². The Kier molecular flexibility index (Phi) is 4.39. The van der Waals surface area contributed by atoms with Gasteiger partial charge in [-0.05, 0) is 30.2 Å². The molecule has 1 aromatic heterocycles. The van der Waals surface area contributed by atoms with E-state index in [0.717, 1.165) is 58.2 Å². The molecule has 0 saturated heterocycles. The van der Waals surface area contributed by atoms with Gasteiger partial charge in [0.25, 0.3) is 0 Å². The Bertz CT molecular complexity index is 940. The van der Waals surface area contributed by atoms with E-state index >= 15 is 0 Å². The van der Waals surface area contributed by atoms with Crippen LogP contribution in [0.5, 0.6) is 0 Å². The van der Waals surface area contributed by atoms with Gasteiger partial charge in [-0.2, -0.15) is 5.10 Å². The van der Waals surface area contributed by atoms with Crippen LogP contribution < -0.4 is 10.7 Å². The first-order valence-electron chi connectivity index (χ1n) is 8.25. The molecule has 0 spiro atoms. The number of hydrazone groups is 1. The first-order chi connectivity index (χ1) is 12.3. The van der Waals surface area contributed by atoms with Crippen molar-refractivity contribution < 1.29 is 0 Å². The molecule has 0 bridgehead atoms. The van der Waals surface area contributed by atoms with Crippen LogP contribution in [-0.4, -0.2) is 30.2 Å². The summed E-state index contributed by atoms with van der Waals surface area (Å²) in [7, 11) is 0. The average molecular weight is 352 g/mol. The van der Waals surface area contributed by atoms with Gasteiger partial charge >= 0.3 is 0 Å². The Morgan fingerprint density at radius 1 is 1.12 bits per heavy atom.